The molecule has 1 unspecified atom stereocenters. The van der Waals surface area contributed by atoms with Crippen molar-refractivity contribution in [3.05, 3.63) is 24.3 Å². The molecule has 0 spiro atoms. The lowest BCUT2D eigenvalue weighted by atomic mass is 10.1. The average Bonchev–Trinajstić information content (AvgIpc) is 2.43. The lowest BCUT2D eigenvalue weighted by Gasteiger charge is -2.13. The number of hydrogen-bond donors (Lipinski definition) is 1. The van der Waals surface area contributed by atoms with Crippen LogP contribution in [0.1, 0.15) is 33.1 Å². The van der Waals surface area contributed by atoms with E-state index in [0.717, 1.165) is 19.4 Å². The first-order chi connectivity index (χ1) is 9.51. The van der Waals surface area contributed by atoms with E-state index in [1.165, 1.54) is 0 Å². The average molecular weight is 318 g/mol. The fourth-order valence-corrected chi connectivity index (χ4v) is 3.69. The molecule has 20 heavy (non-hydrogen) atoms. The Hall–Kier alpha value is -0.740. The van der Waals surface area contributed by atoms with Crippen molar-refractivity contribution >= 4 is 27.1 Å². The summed E-state index contributed by atoms with van der Waals surface area (Å²) in [6.45, 7) is 4.76. The van der Waals surface area contributed by atoms with Gasteiger partial charge in [0.25, 0.3) is 0 Å². The topological polar surface area (TPSA) is 46.2 Å². The second-order valence-electron chi connectivity index (χ2n) is 5.14. The molecule has 1 aromatic carbocycles. The van der Waals surface area contributed by atoms with Gasteiger partial charge in [0.2, 0.25) is 0 Å². The maximum Gasteiger partial charge on any atom is 0.180 e. The second-order valence-corrected chi connectivity index (χ2v) is 7.53. The highest BCUT2D eigenvalue weighted by atomic mass is 35.5. The lowest BCUT2D eigenvalue weighted by molar-refractivity contribution is 0.572. The molecule has 1 rings (SSSR count). The molecule has 0 saturated heterocycles. The Kier molecular flexibility index (Phi) is 7.38. The maximum atomic E-state index is 12.2. The Bertz CT molecular complexity index is 502. The molecule has 1 atom stereocenters. The fraction of sp³-hybridized carbons (Fsp3) is 0.600. The molecule has 5 heteroatoms. The number of nitrogens with one attached hydrogen (secondary N) is 1. The largest absolute Gasteiger partial charge is 0.384 e. The first kappa shape index (κ1) is 17.3. The number of hydrogen-bond acceptors (Lipinski definition) is 3. The Morgan fingerprint density at radius 2 is 2.00 bits per heavy atom. The quantitative estimate of drug-likeness (QED) is 0.554. The maximum absolute atomic E-state index is 12.2. The summed E-state index contributed by atoms with van der Waals surface area (Å²) >= 11 is 5.77. The Morgan fingerprint density at radius 1 is 1.30 bits per heavy atom. The molecule has 0 amide bonds. The van der Waals surface area contributed by atoms with Crippen molar-refractivity contribution in [1.29, 1.82) is 0 Å². The number of benzene rings is 1. The van der Waals surface area contributed by atoms with Gasteiger partial charge in [-0.2, -0.15) is 0 Å². The predicted molar refractivity (Wildman–Crippen MR) is 86.4 cm³/mol. The van der Waals surface area contributed by atoms with Gasteiger partial charge in [-0.05, 0) is 37.3 Å². The van der Waals surface area contributed by atoms with E-state index in [1.54, 1.807) is 12.1 Å². The van der Waals surface area contributed by atoms with Crippen LogP contribution < -0.4 is 5.32 Å². The van der Waals surface area contributed by atoms with Gasteiger partial charge in [-0.3, -0.25) is 0 Å². The zero-order valence-electron chi connectivity index (χ0n) is 12.2. The van der Waals surface area contributed by atoms with Gasteiger partial charge >= 0.3 is 0 Å². The Balaban J connectivity index is 2.67. The van der Waals surface area contributed by atoms with E-state index in [2.05, 4.69) is 12.2 Å². The molecule has 0 aliphatic heterocycles. The number of anilines is 1. The van der Waals surface area contributed by atoms with Crippen LogP contribution in [-0.2, 0) is 9.84 Å². The van der Waals surface area contributed by atoms with Crippen molar-refractivity contribution < 1.29 is 8.42 Å². The zero-order valence-corrected chi connectivity index (χ0v) is 13.8. The third-order valence-electron chi connectivity index (χ3n) is 3.15. The van der Waals surface area contributed by atoms with E-state index >= 15 is 0 Å². The van der Waals surface area contributed by atoms with Crippen LogP contribution in [0.15, 0.2) is 29.2 Å². The third-order valence-corrected chi connectivity index (χ3v) is 5.65. The number of alkyl halides is 1. The summed E-state index contributed by atoms with van der Waals surface area (Å²) in [7, 11) is -3.18. The van der Waals surface area contributed by atoms with Crippen LogP contribution >= 0.6 is 11.6 Å². The van der Waals surface area contributed by atoms with Crippen molar-refractivity contribution in [3.63, 3.8) is 0 Å². The molecule has 0 heterocycles. The van der Waals surface area contributed by atoms with Crippen molar-refractivity contribution in [1.82, 2.24) is 0 Å². The fourth-order valence-electron chi connectivity index (χ4n) is 2.01. The van der Waals surface area contributed by atoms with Gasteiger partial charge in [-0.15, -0.1) is 11.6 Å². The second kappa shape index (κ2) is 8.53. The van der Waals surface area contributed by atoms with Crippen LogP contribution in [0.5, 0.6) is 0 Å². The number of halogens is 1. The van der Waals surface area contributed by atoms with Crippen molar-refractivity contribution in [2.24, 2.45) is 5.92 Å². The summed E-state index contributed by atoms with van der Waals surface area (Å²) in [5.41, 5.74) is 0.708. The van der Waals surface area contributed by atoms with Gasteiger partial charge in [-0.1, -0.05) is 26.0 Å². The predicted octanol–water partition coefficient (Wildman–Crippen LogP) is 3.94. The summed E-state index contributed by atoms with van der Waals surface area (Å²) in [6.07, 6.45) is 2.65. The first-order valence-electron chi connectivity index (χ1n) is 7.13. The Morgan fingerprint density at radius 3 is 2.65 bits per heavy atom. The van der Waals surface area contributed by atoms with E-state index in [1.807, 2.05) is 19.1 Å². The smallest absolute Gasteiger partial charge is 0.180 e. The van der Waals surface area contributed by atoms with Crippen LogP contribution in [0.2, 0.25) is 0 Å². The van der Waals surface area contributed by atoms with Crippen LogP contribution in [0.3, 0.4) is 0 Å². The molecule has 1 N–H and O–H groups in total. The summed E-state index contributed by atoms with van der Waals surface area (Å²) < 4.78 is 24.4. The highest BCUT2D eigenvalue weighted by Crippen LogP contribution is 2.22. The van der Waals surface area contributed by atoms with Gasteiger partial charge in [-0.25, -0.2) is 8.42 Å². The van der Waals surface area contributed by atoms with Crippen LogP contribution in [0, 0.1) is 5.92 Å². The molecule has 0 aromatic heterocycles. The standard InChI is InChI=1S/C15H24ClNO2S/c1-3-11-20(18,19)15-9-5-4-8-14(15)17-10-6-7-13(2)12-16/h4-5,8-9,13,17H,3,6-7,10-12H2,1-2H3. The van der Waals surface area contributed by atoms with Crippen molar-refractivity contribution in [2.75, 3.05) is 23.5 Å². The Labute approximate surface area is 127 Å². The number of rotatable bonds is 9. The van der Waals surface area contributed by atoms with E-state index in [0.29, 0.717) is 28.8 Å². The highest BCUT2D eigenvalue weighted by molar-refractivity contribution is 7.91. The van der Waals surface area contributed by atoms with E-state index in [4.69, 9.17) is 11.6 Å². The van der Waals surface area contributed by atoms with Crippen LogP contribution in [0.25, 0.3) is 0 Å². The minimum atomic E-state index is -3.18. The molecule has 0 fully saturated rings. The molecule has 0 aliphatic carbocycles. The van der Waals surface area contributed by atoms with Gasteiger partial charge in [0.15, 0.2) is 9.84 Å². The minimum Gasteiger partial charge on any atom is -0.384 e. The third kappa shape index (κ3) is 5.33. The van der Waals surface area contributed by atoms with Crippen LogP contribution in [0.4, 0.5) is 5.69 Å². The molecular weight excluding hydrogens is 294 g/mol. The number of para-hydroxylation sites is 1. The first-order valence-corrected chi connectivity index (χ1v) is 9.31. The van der Waals surface area contributed by atoms with Gasteiger partial charge in [0.05, 0.1) is 16.3 Å². The highest BCUT2D eigenvalue weighted by Gasteiger charge is 2.16. The van der Waals surface area contributed by atoms with Crippen molar-refractivity contribution in [2.45, 2.75) is 38.0 Å². The molecule has 3 nitrogen and oxygen atoms in total. The lowest BCUT2D eigenvalue weighted by Crippen LogP contribution is -2.11. The monoisotopic (exact) mass is 317 g/mol. The zero-order chi connectivity index (χ0) is 15.0. The molecule has 0 bridgehead atoms. The van der Waals surface area contributed by atoms with E-state index < -0.39 is 9.84 Å². The van der Waals surface area contributed by atoms with Crippen LogP contribution in [-0.4, -0.2) is 26.6 Å². The molecule has 0 saturated carbocycles. The SMILES string of the molecule is CCCS(=O)(=O)c1ccccc1NCCCC(C)CCl. The van der Waals surface area contributed by atoms with Crippen molar-refractivity contribution in [3.8, 4) is 0 Å². The molecule has 114 valence electrons. The minimum absolute atomic E-state index is 0.189. The van der Waals surface area contributed by atoms with Gasteiger partial charge < -0.3 is 5.32 Å². The van der Waals surface area contributed by atoms with E-state index in [-0.39, 0.29) is 5.75 Å². The molecule has 0 aliphatic rings. The van der Waals surface area contributed by atoms with Gasteiger partial charge in [0, 0.05) is 12.4 Å². The van der Waals surface area contributed by atoms with E-state index in [9.17, 15) is 8.42 Å². The molecule has 0 radical (unpaired) electrons. The molecular formula is C15H24ClNO2S. The van der Waals surface area contributed by atoms with Gasteiger partial charge in [0.1, 0.15) is 0 Å². The summed E-state index contributed by atoms with van der Waals surface area (Å²) in [6, 6.07) is 7.13. The summed E-state index contributed by atoms with van der Waals surface area (Å²) in [5, 5.41) is 3.23. The molecule has 1 aromatic rings. The number of sulfone groups is 1. The normalized spacial score (nSPS) is 13.2. The summed E-state index contributed by atoms with van der Waals surface area (Å²) in [4.78, 5) is 0.409. The summed E-state index contributed by atoms with van der Waals surface area (Å²) in [5.74, 6) is 1.36.